The predicted octanol–water partition coefficient (Wildman–Crippen LogP) is 2.37. The zero-order valence-electron chi connectivity index (χ0n) is 12.1. The highest BCUT2D eigenvalue weighted by molar-refractivity contribution is 5.74. The second-order valence-electron chi connectivity index (χ2n) is 5.71. The van der Waals surface area contributed by atoms with Crippen LogP contribution in [0.5, 0.6) is 0 Å². The van der Waals surface area contributed by atoms with Gasteiger partial charge in [0.2, 0.25) is 0 Å². The lowest BCUT2D eigenvalue weighted by atomic mass is 10.2. The third-order valence-electron chi connectivity index (χ3n) is 4.27. The minimum absolute atomic E-state index is 0.261. The second-order valence-corrected chi connectivity index (χ2v) is 5.71. The molecule has 5 nitrogen and oxygen atoms in total. The van der Waals surface area contributed by atoms with Crippen molar-refractivity contribution in [3.05, 3.63) is 30.6 Å². The summed E-state index contributed by atoms with van der Waals surface area (Å²) in [4.78, 5) is 17.5. The Labute approximate surface area is 124 Å². The van der Waals surface area contributed by atoms with Crippen molar-refractivity contribution in [1.29, 1.82) is 0 Å². The van der Waals surface area contributed by atoms with Gasteiger partial charge in [-0.25, -0.2) is 4.98 Å². The molecule has 21 heavy (non-hydrogen) atoms. The first-order valence-corrected chi connectivity index (χ1v) is 7.60. The Morgan fingerprint density at radius 1 is 1.38 bits per heavy atom. The number of nitrogens with zero attached hydrogens (tertiary/aromatic N) is 3. The van der Waals surface area contributed by atoms with Crippen LogP contribution in [-0.4, -0.2) is 44.7 Å². The molecule has 1 saturated heterocycles. The molecule has 3 rings (SSSR count). The number of carboxylic acids is 1. The first-order chi connectivity index (χ1) is 10.2. The SMILES string of the molecule is O=C(O)CCCN1CCC[C@@H]1Cn1cnc2ccccc21. The highest BCUT2D eigenvalue weighted by atomic mass is 16.4. The highest BCUT2D eigenvalue weighted by Crippen LogP contribution is 2.21. The van der Waals surface area contributed by atoms with E-state index in [2.05, 4.69) is 20.5 Å². The quantitative estimate of drug-likeness (QED) is 0.886. The van der Waals surface area contributed by atoms with Gasteiger partial charge in [0.1, 0.15) is 0 Å². The van der Waals surface area contributed by atoms with E-state index in [9.17, 15) is 4.79 Å². The first kappa shape index (κ1) is 14.1. The molecule has 1 aromatic carbocycles. The average Bonchev–Trinajstić information content (AvgIpc) is 3.07. The number of aromatic nitrogens is 2. The van der Waals surface area contributed by atoms with Crippen molar-refractivity contribution in [2.75, 3.05) is 13.1 Å². The number of hydrogen-bond acceptors (Lipinski definition) is 3. The van der Waals surface area contributed by atoms with Crippen molar-refractivity contribution in [3.8, 4) is 0 Å². The van der Waals surface area contributed by atoms with Crippen molar-refractivity contribution < 1.29 is 9.90 Å². The van der Waals surface area contributed by atoms with Crippen molar-refractivity contribution in [2.45, 2.75) is 38.3 Å². The molecule has 0 bridgehead atoms. The lowest BCUT2D eigenvalue weighted by Crippen LogP contribution is -2.33. The van der Waals surface area contributed by atoms with Crippen LogP contribution >= 0.6 is 0 Å². The number of benzene rings is 1. The van der Waals surface area contributed by atoms with E-state index in [1.54, 1.807) is 0 Å². The lowest BCUT2D eigenvalue weighted by molar-refractivity contribution is -0.137. The summed E-state index contributed by atoms with van der Waals surface area (Å²) in [5.41, 5.74) is 2.21. The molecule has 5 heteroatoms. The molecule has 1 N–H and O–H groups in total. The van der Waals surface area contributed by atoms with Crippen LogP contribution in [0.4, 0.5) is 0 Å². The van der Waals surface area contributed by atoms with Crippen molar-refractivity contribution in [3.63, 3.8) is 0 Å². The number of para-hydroxylation sites is 2. The maximum Gasteiger partial charge on any atom is 0.303 e. The molecule has 0 spiro atoms. The summed E-state index contributed by atoms with van der Waals surface area (Å²) >= 11 is 0. The summed E-state index contributed by atoms with van der Waals surface area (Å²) in [5, 5.41) is 8.75. The highest BCUT2D eigenvalue weighted by Gasteiger charge is 2.24. The molecule has 1 aliphatic rings. The fraction of sp³-hybridized carbons (Fsp3) is 0.500. The largest absolute Gasteiger partial charge is 0.481 e. The number of rotatable bonds is 6. The standard InChI is InChI=1S/C16H21N3O2/c20-16(21)8-4-10-18-9-3-5-13(18)11-19-12-17-14-6-1-2-7-15(14)19/h1-2,6-7,12-13H,3-5,8-11H2,(H,20,21)/t13-/m1/s1. The van der Waals surface area contributed by atoms with E-state index in [0.717, 1.165) is 31.6 Å². The van der Waals surface area contributed by atoms with Crippen molar-refractivity contribution >= 4 is 17.0 Å². The zero-order chi connectivity index (χ0) is 14.7. The third kappa shape index (κ3) is 3.24. The molecule has 112 valence electrons. The number of fused-ring (bicyclic) bond motifs is 1. The Morgan fingerprint density at radius 3 is 3.10 bits per heavy atom. The summed E-state index contributed by atoms with van der Waals surface area (Å²) in [6.07, 6.45) is 5.29. The van der Waals surface area contributed by atoms with E-state index >= 15 is 0 Å². The first-order valence-electron chi connectivity index (χ1n) is 7.60. The number of likely N-dealkylation sites (tertiary alicyclic amines) is 1. The van der Waals surface area contributed by atoms with Crippen LogP contribution in [0, 0.1) is 0 Å². The summed E-state index contributed by atoms with van der Waals surface area (Å²) in [6.45, 7) is 2.90. The monoisotopic (exact) mass is 287 g/mol. The van der Waals surface area contributed by atoms with Gasteiger partial charge >= 0.3 is 5.97 Å². The Kier molecular flexibility index (Phi) is 4.20. The fourth-order valence-corrected chi connectivity index (χ4v) is 3.21. The van der Waals surface area contributed by atoms with Crippen LogP contribution in [0.2, 0.25) is 0 Å². The van der Waals surface area contributed by atoms with E-state index in [4.69, 9.17) is 5.11 Å². The van der Waals surface area contributed by atoms with E-state index in [1.807, 2.05) is 24.5 Å². The maximum atomic E-state index is 10.6. The molecule has 1 aliphatic heterocycles. The average molecular weight is 287 g/mol. The fourth-order valence-electron chi connectivity index (χ4n) is 3.21. The number of carbonyl (C=O) groups is 1. The third-order valence-corrected chi connectivity index (χ3v) is 4.27. The number of imidazole rings is 1. The minimum Gasteiger partial charge on any atom is -0.481 e. The van der Waals surface area contributed by atoms with Crippen LogP contribution in [0.15, 0.2) is 30.6 Å². The molecule has 1 atom stereocenters. The van der Waals surface area contributed by atoms with Crippen LogP contribution in [-0.2, 0) is 11.3 Å². The Hall–Kier alpha value is -1.88. The summed E-state index contributed by atoms with van der Waals surface area (Å²) < 4.78 is 2.22. The molecule has 2 aromatic rings. The molecule has 0 unspecified atom stereocenters. The van der Waals surface area contributed by atoms with Crippen LogP contribution in [0.3, 0.4) is 0 Å². The Morgan fingerprint density at radius 2 is 2.24 bits per heavy atom. The maximum absolute atomic E-state index is 10.6. The van der Waals surface area contributed by atoms with E-state index in [0.29, 0.717) is 6.04 Å². The van der Waals surface area contributed by atoms with Crippen LogP contribution in [0.25, 0.3) is 11.0 Å². The van der Waals surface area contributed by atoms with Gasteiger partial charge in [-0.2, -0.15) is 0 Å². The van der Waals surface area contributed by atoms with Gasteiger partial charge in [-0.1, -0.05) is 12.1 Å². The van der Waals surface area contributed by atoms with E-state index in [-0.39, 0.29) is 6.42 Å². The zero-order valence-corrected chi connectivity index (χ0v) is 12.1. The van der Waals surface area contributed by atoms with Crippen molar-refractivity contribution in [1.82, 2.24) is 14.5 Å². The van der Waals surface area contributed by atoms with Gasteiger partial charge in [0.05, 0.1) is 17.4 Å². The van der Waals surface area contributed by atoms with Gasteiger partial charge in [-0.3, -0.25) is 9.69 Å². The normalized spacial score (nSPS) is 19.3. The molecule has 0 amide bonds. The van der Waals surface area contributed by atoms with Crippen LogP contribution in [0.1, 0.15) is 25.7 Å². The van der Waals surface area contributed by atoms with Crippen molar-refractivity contribution in [2.24, 2.45) is 0 Å². The van der Waals surface area contributed by atoms with Gasteiger partial charge in [-0.05, 0) is 44.5 Å². The van der Waals surface area contributed by atoms with Gasteiger partial charge in [0, 0.05) is 19.0 Å². The van der Waals surface area contributed by atoms with Crippen LogP contribution < -0.4 is 0 Å². The molecule has 2 heterocycles. The Balaban J connectivity index is 1.64. The Bertz CT molecular complexity index is 623. The van der Waals surface area contributed by atoms with Gasteiger partial charge in [0.25, 0.3) is 0 Å². The molecule has 0 saturated carbocycles. The summed E-state index contributed by atoms with van der Waals surface area (Å²) in [5.74, 6) is -0.702. The predicted molar refractivity (Wildman–Crippen MR) is 81.2 cm³/mol. The minimum atomic E-state index is -0.702. The van der Waals surface area contributed by atoms with Gasteiger partial charge in [0.15, 0.2) is 0 Å². The second kappa shape index (κ2) is 6.26. The summed E-state index contributed by atoms with van der Waals surface area (Å²) in [7, 11) is 0. The number of hydrogen-bond donors (Lipinski definition) is 1. The van der Waals surface area contributed by atoms with E-state index < -0.39 is 5.97 Å². The number of carboxylic acid groups (broad SMARTS) is 1. The summed E-state index contributed by atoms with van der Waals surface area (Å²) in [6, 6.07) is 8.68. The van der Waals surface area contributed by atoms with Gasteiger partial charge < -0.3 is 9.67 Å². The topological polar surface area (TPSA) is 58.4 Å². The molecular formula is C16H21N3O2. The molecular weight excluding hydrogens is 266 g/mol. The smallest absolute Gasteiger partial charge is 0.303 e. The molecule has 1 aromatic heterocycles. The number of aliphatic carboxylic acids is 1. The van der Waals surface area contributed by atoms with Gasteiger partial charge in [-0.15, -0.1) is 0 Å². The molecule has 0 radical (unpaired) electrons. The molecule has 0 aliphatic carbocycles. The molecule has 1 fully saturated rings. The van der Waals surface area contributed by atoms with E-state index in [1.165, 1.54) is 18.4 Å². The lowest BCUT2D eigenvalue weighted by Gasteiger charge is -2.24.